The fourth-order valence-electron chi connectivity index (χ4n) is 3.35. The van der Waals surface area contributed by atoms with Crippen LogP contribution in [0.3, 0.4) is 0 Å². The average molecular weight is 392 g/mol. The molecular weight excluding hydrogens is 366 g/mol. The molecule has 28 heavy (non-hydrogen) atoms. The van der Waals surface area contributed by atoms with Gasteiger partial charge in [-0.25, -0.2) is 4.98 Å². The lowest BCUT2D eigenvalue weighted by molar-refractivity contribution is 0.264. The minimum atomic E-state index is 0.652. The Balaban J connectivity index is 1.31. The molecule has 1 heterocycles. The molecule has 0 radical (unpaired) electrons. The van der Waals surface area contributed by atoms with Crippen molar-refractivity contribution < 1.29 is 4.74 Å². The Hall–Kier alpha value is -2.42. The number of nitrogens with zero attached hydrogens (tertiary/aromatic N) is 3. The van der Waals surface area contributed by atoms with E-state index in [9.17, 15) is 0 Å². The molecule has 2 aromatic carbocycles. The lowest BCUT2D eigenvalue weighted by Crippen LogP contribution is -2.29. The van der Waals surface area contributed by atoms with Gasteiger partial charge >= 0.3 is 0 Å². The highest BCUT2D eigenvalue weighted by molar-refractivity contribution is 7.20. The molecule has 1 fully saturated rings. The van der Waals surface area contributed by atoms with Crippen molar-refractivity contribution in [2.45, 2.75) is 32.1 Å². The third-order valence-electron chi connectivity index (χ3n) is 5.10. The Bertz CT molecular complexity index is 907. The molecule has 0 aliphatic heterocycles. The zero-order valence-electron chi connectivity index (χ0n) is 16.0. The summed E-state index contributed by atoms with van der Waals surface area (Å²) in [5.74, 6) is 1.71. The number of hydrogen-bond acceptors (Lipinski definition) is 5. The van der Waals surface area contributed by atoms with Crippen molar-refractivity contribution in [3.63, 3.8) is 0 Å². The van der Waals surface area contributed by atoms with Gasteiger partial charge in [-0.1, -0.05) is 35.6 Å². The number of benzene rings is 2. The molecule has 1 aromatic heterocycles. The molecule has 0 unspecified atom stereocenters. The van der Waals surface area contributed by atoms with Gasteiger partial charge in [0.05, 0.1) is 16.3 Å². The van der Waals surface area contributed by atoms with Gasteiger partial charge in [0, 0.05) is 19.5 Å². The second kappa shape index (κ2) is 9.18. The first-order valence-corrected chi connectivity index (χ1v) is 10.8. The molecule has 0 atom stereocenters. The number of hydrogen-bond donors (Lipinski definition) is 0. The molecule has 3 aromatic rings. The number of rotatable bonds is 10. The van der Waals surface area contributed by atoms with Crippen LogP contribution in [0.5, 0.6) is 10.9 Å². The standard InChI is InChI=1S/C23H25N3OS/c24-14-3-4-15-26(17-19-7-8-19)16-13-18-9-11-20(12-10-18)27-23-25-21-5-1-2-6-22(21)28-23/h1-2,5-6,9-12,19H,3-4,7-8,13,15-17H2. The van der Waals surface area contributed by atoms with E-state index in [1.807, 2.05) is 30.3 Å². The summed E-state index contributed by atoms with van der Waals surface area (Å²) in [6.45, 7) is 3.27. The number of para-hydroxylation sites is 1. The second-order valence-corrected chi connectivity index (χ2v) is 8.44. The van der Waals surface area contributed by atoms with Crippen molar-refractivity contribution in [3.05, 3.63) is 54.1 Å². The van der Waals surface area contributed by atoms with Crippen LogP contribution in [-0.2, 0) is 6.42 Å². The van der Waals surface area contributed by atoms with E-state index >= 15 is 0 Å². The lowest BCUT2D eigenvalue weighted by atomic mass is 10.1. The molecule has 5 heteroatoms. The molecular formula is C23H25N3OS. The van der Waals surface area contributed by atoms with E-state index in [0.717, 1.165) is 47.8 Å². The number of thiazole rings is 1. The fourth-order valence-corrected chi connectivity index (χ4v) is 4.18. The highest BCUT2D eigenvalue weighted by Gasteiger charge is 2.23. The smallest absolute Gasteiger partial charge is 0.279 e. The fraction of sp³-hybridized carbons (Fsp3) is 0.391. The van der Waals surface area contributed by atoms with Gasteiger partial charge in [-0.15, -0.1) is 0 Å². The van der Waals surface area contributed by atoms with Crippen LogP contribution in [0.1, 0.15) is 31.2 Å². The normalized spacial score (nSPS) is 13.7. The summed E-state index contributed by atoms with van der Waals surface area (Å²) >= 11 is 1.57. The van der Waals surface area contributed by atoms with Gasteiger partial charge in [0.1, 0.15) is 5.75 Å². The topological polar surface area (TPSA) is 49.2 Å². The van der Waals surface area contributed by atoms with Crippen molar-refractivity contribution >= 4 is 21.6 Å². The van der Waals surface area contributed by atoms with E-state index in [1.165, 1.54) is 24.9 Å². The maximum Gasteiger partial charge on any atom is 0.279 e. The zero-order chi connectivity index (χ0) is 19.2. The molecule has 1 aliphatic carbocycles. The van der Waals surface area contributed by atoms with Crippen LogP contribution >= 0.6 is 11.3 Å². The SMILES string of the molecule is N#CCCCN(CCc1ccc(Oc2nc3ccccc3s2)cc1)CC1CC1. The summed E-state index contributed by atoms with van der Waals surface area (Å²) < 4.78 is 7.08. The van der Waals surface area contributed by atoms with Crippen LogP contribution < -0.4 is 4.74 Å². The average Bonchev–Trinajstić information content (AvgIpc) is 3.43. The molecule has 144 valence electrons. The highest BCUT2D eigenvalue weighted by Crippen LogP contribution is 2.31. The maximum absolute atomic E-state index is 8.77. The monoisotopic (exact) mass is 391 g/mol. The van der Waals surface area contributed by atoms with E-state index in [1.54, 1.807) is 11.3 Å². The van der Waals surface area contributed by atoms with Crippen LogP contribution in [0, 0.1) is 17.2 Å². The molecule has 1 aliphatic rings. The largest absolute Gasteiger partial charge is 0.431 e. The lowest BCUT2D eigenvalue weighted by Gasteiger charge is -2.21. The summed E-state index contributed by atoms with van der Waals surface area (Å²) in [6.07, 6.45) is 5.39. The van der Waals surface area contributed by atoms with E-state index in [-0.39, 0.29) is 0 Å². The van der Waals surface area contributed by atoms with Gasteiger partial charge in [-0.3, -0.25) is 0 Å². The maximum atomic E-state index is 8.77. The van der Waals surface area contributed by atoms with Crippen molar-refractivity contribution in [1.29, 1.82) is 5.26 Å². The zero-order valence-corrected chi connectivity index (χ0v) is 16.8. The number of aromatic nitrogens is 1. The van der Waals surface area contributed by atoms with Gasteiger partial charge in [0.15, 0.2) is 0 Å². The molecule has 4 rings (SSSR count). The number of unbranched alkanes of at least 4 members (excludes halogenated alkanes) is 1. The molecule has 1 saturated carbocycles. The van der Waals surface area contributed by atoms with Crippen molar-refractivity contribution in [2.24, 2.45) is 5.92 Å². The molecule has 0 spiro atoms. The third kappa shape index (κ3) is 5.31. The number of ether oxygens (including phenoxy) is 1. The third-order valence-corrected chi connectivity index (χ3v) is 6.01. The van der Waals surface area contributed by atoms with Crippen molar-refractivity contribution in [2.75, 3.05) is 19.6 Å². The molecule has 0 saturated heterocycles. The van der Waals surface area contributed by atoms with Gasteiger partial charge in [0.25, 0.3) is 5.19 Å². The van der Waals surface area contributed by atoms with E-state index < -0.39 is 0 Å². The quantitative estimate of drug-likeness (QED) is 0.419. The van der Waals surface area contributed by atoms with Crippen LogP contribution in [0.15, 0.2) is 48.5 Å². The Morgan fingerprint density at radius 1 is 1.11 bits per heavy atom. The van der Waals surface area contributed by atoms with Gasteiger partial charge < -0.3 is 9.64 Å². The molecule has 0 bridgehead atoms. The van der Waals surface area contributed by atoms with Crippen molar-refractivity contribution in [1.82, 2.24) is 9.88 Å². The molecule has 0 N–H and O–H groups in total. The molecule has 0 amide bonds. The summed E-state index contributed by atoms with van der Waals surface area (Å²) in [4.78, 5) is 7.05. The summed E-state index contributed by atoms with van der Waals surface area (Å²) in [7, 11) is 0. The first-order chi connectivity index (χ1) is 13.8. The number of fused-ring (bicyclic) bond motifs is 1. The van der Waals surface area contributed by atoms with E-state index in [0.29, 0.717) is 11.6 Å². The summed E-state index contributed by atoms with van der Waals surface area (Å²) in [6, 6.07) is 18.7. The van der Waals surface area contributed by atoms with Crippen LogP contribution in [-0.4, -0.2) is 29.5 Å². The first kappa shape index (κ1) is 18.9. The van der Waals surface area contributed by atoms with Crippen molar-refractivity contribution in [3.8, 4) is 17.0 Å². The van der Waals surface area contributed by atoms with E-state index in [2.05, 4.69) is 34.2 Å². The highest BCUT2D eigenvalue weighted by atomic mass is 32.1. The van der Waals surface area contributed by atoms with Crippen LogP contribution in [0.2, 0.25) is 0 Å². The second-order valence-electron chi connectivity index (χ2n) is 7.45. The van der Waals surface area contributed by atoms with E-state index in [4.69, 9.17) is 10.00 Å². The Kier molecular flexibility index (Phi) is 6.20. The Morgan fingerprint density at radius 2 is 1.93 bits per heavy atom. The summed E-state index contributed by atoms with van der Waals surface area (Å²) in [5.41, 5.74) is 2.30. The predicted molar refractivity (Wildman–Crippen MR) is 114 cm³/mol. The molecule has 4 nitrogen and oxygen atoms in total. The van der Waals surface area contributed by atoms with Crippen LogP contribution in [0.25, 0.3) is 10.2 Å². The van der Waals surface area contributed by atoms with Crippen LogP contribution in [0.4, 0.5) is 0 Å². The minimum absolute atomic E-state index is 0.652. The number of nitriles is 1. The first-order valence-electron chi connectivity index (χ1n) is 10.0. The van der Waals surface area contributed by atoms with Gasteiger partial charge in [-0.2, -0.15) is 5.26 Å². The Labute approximate surface area is 170 Å². The Morgan fingerprint density at radius 3 is 2.68 bits per heavy atom. The van der Waals surface area contributed by atoms with Gasteiger partial charge in [-0.05, 0) is 68.0 Å². The predicted octanol–water partition coefficient (Wildman–Crippen LogP) is 5.65. The van der Waals surface area contributed by atoms with Gasteiger partial charge in [0.2, 0.25) is 0 Å². The minimum Gasteiger partial charge on any atom is -0.431 e. The summed E-state index contributed by atoms with van der Waals surface area (Å²) in [5, 5.41) is 9.45.